The van der Waals surface area contributed by atoms with Gasteiger partial charge in [0.2, 0.25) is 5.95 Å². The number of nitrogen functional groups attached to an aromatic ring is 1. The predicted octanol–water partition coefficient (Wildman–Crippen LogP) is 16.0. The maximum Gasteiger partial charge on any atom is 0.228 e. The first kappa shape index (κ1) is 39.7. The van der Waals surface area contributed by atoms with Crippen LogP contribution in [0.25, 0.3) is 10.9 Å². The van der Waals surface area contributed by atoms with Crippen LogP contribution in [0.1, 0.15) is 130 Å². The van der Waals surface area contributed by atoms with Gasteiger partial charge in [-0.15, -0.1) is 0 Å². The molecule has 3 N–H and O–H groups in total. The van der Waals surface area contributed by atoms with Crippen molar-refractivity contribution < 1.29 is 28.8 Å². The molecular weight excluding hydrogens is 1180 g/mol. The topological polar surface area (TPSA) is 215 Å². The van der Waals surface area contributed by atoms with E-state index in [0.717, 1.165) is 29.1 Å². The fourth-order valence-electron chi connectivity index (χ4n) is 6.81. The Labute approximate surface area is 537 Å². The summed E-state index contributed by atoms with van der Waals surface area (Å²) in [5.74, 6) is 1.26. The van der Waals surface area contributed by atoms with Gasteiger partial charge in [-0.25, -0.2) is 34.7 Å². The highest BCUT2D eigenvalue weighted by atomic mass is 79.9. The molecule has 0 aliphatic carbocycles. The van der Waals surface area contributed by atoms with Gasteiger partial charge in [-0.1, -0.05) is 92.5 Å². The SMILES string of the molecule is C=CC#N.N#Cc1ccc(Nc2nccc(Cl)n2)cc1.[2H]c1c(/C=C/[N+]#[C-])c([2H])c(C([2H])([2H])[2H])c(Cc2ccnc(Cc3ccc(C#N)cc3)n2)c1C([2H])([2H])[2H].[2H]c1c(Br)c([2H])c(C([2H])([2H])[2H])c(Cc2ccnc(Cc3ccc(C#N)cc3)n2)c1C([2H])([2H])[2H].[2H]c1c(C)c(N)c(C([2H])([2H])[2H])c([2H])c1Br. The molecule has 0 fully saturated rings. The standard InChI is InChI=1S/C24H20N4.C21H18BrN3.C11H7ClN4.C8H10BrN.C3H3N/c1-17-12-21(8-10-26-3)13-18(2)23(17)15-22-9-11-27-24(28-22)14-19-4-6-20(16-25)7-5-19;1-14-9-18(22)10-15(2)20(14)12-19-7-8-24-21(25-19)11-16-3-5-17(13-23)6-4-16;12-10-5-6-14-11(16-10)15-9-3-1-8(7-13)2-4-9;1-5-3-7(9)4-6(2)8(5)10;1-2-3-4/h4-13H,14-15H2,1-2H3;3-10H,11-12H2,1-2H3;1-6H,(H,14,15,16);3-4H,10H2,1-2H3;2H,1H2/b10-8+;;;;/i1D3,2D3,12D,13D;1D3,2D3,9D,10D;;1D3,3D,4D;. The van der Waals surface area contributed by atoms with Crippen LogP contribution in [0.3, 0.4) is 0 Å². The van der Waals surface area contributed by atoms with Gasteiger partial charge in [-0.3, -0.25) is 0 Å². The summed E-state index contributed by atoms with van der Waals surface area (Å²) in [5, 5.41) is 37.4. The van der Waals surface area contributed by atoms with E-state index in [1.165, 1.54) is 24.5 Å². The monoisotopic (exact) mass is 1260 g/mol. The fourth-order valence-corrected chi connectivity index (χ4v) is 7.83. The molecule has 13 nitrogen and oxygen atoms in total. The molecule has 9 aromatic rings. The van der Waals surface area contributed by atoms with Gasteiger partial charge < -0.3 is 11.1 Å². The molecule has 3 aromatic heterocycles. The second kappa shape index (κ2) is 33.2. The van der Waals surface area contributed by atoms with Gasteiger partial charge in [-0.05, 0) is 193 Å². The third kappa shape index (κ3) is 21.4. The van der Waals surface area contributed by atoms with E-state index in [1.807, 2.05) is 18.2 Å². The quantitative estimate of drug-likeness (QED) is 0.0535. The first-order valence-corrected chi connectivity index (χ1v) is 26.0. The second-order valence-corrected chi connectivity index (χ2v) is 18.7. The van der Waals surface area contributed by atoms with Crippen molar-refractivity contribution in [2.75, 3.05) is 11.1 Å². The van der Waals surface area contributed by atoms with Crippen LogP contribution in [0.5, 0.6) is 0 Å². The summed E-state index contributed by atoms with van der Waals surface area (Å²) in [5.41, 5.74) is 8.34. The maximum atomic E-state index is 8.95. The average molecular weight is 1260 g/mol. The molecule has 0 atom stereocenters. The smallest absolute Gasteiger partial charge is 0.228 e. The molecule has 6 aromatic carbocycles. The molecule has 0 saturated heterocycles. The number of hydrogen-bond acceptors (Lipinski definition) is 12. The minimum absolute atomic E-state index is 0.00759. The maximum absolute atomic E-state index is 8.95. The van der Waals surface area contributed by atoms with E-state index in [2.05, 4.69) is 78.5 Å². The Bertz CT molecular complexity index is 4750. The molecule has 0 aliphatic rings. The van der Waals surface area contributed by atoms with Crippen molar-refractivity contribution in [1.82, 2.24) is 29.9 Å². The molecule has 0 aliphatic heterocycles. The van der Waals surface area contributed by atoms with Gasteiger partial charge in [0.15, 0.2) is 6.20 Å². The van der Waals surface area contributed by atoms with Gasteiger partial charge in [0.05, 0.1) is 55.8 Å². The molecular formula is C67H58Br2ClN13. The van der Waals surface area contributed by atoms with Crippen molar-refractivity contribution in [3.05, 3.63) is 291 Å². The number of nitrogens with one attached hydrogen (secondary N) is 1. The number of nitrogens with two attached hydrogens (primary N) is 1. The summed E-state index contributed by atoms with van der Waals surface area (Å²) in [4.78, 5) is 28.4. The lowest BCUT2D eigenvalue weighted by Crippen LogP contribution is -2.03. The Morgan fingerprint density at radius 3 is 1.46 bits per heavy atom. The summed E-state index contributed by atoms with van der Waals surface area (Å²) in [6.45, 7) is -2.04. The molecule has 83 heavy (non-hydrogen) atoms. The molecule has 0 unspecified atom stereocenters. The molecule has 16 heteroatoms. The van der Waals surface area contributed by atoms with Gasteiger partial charge in [0.1, 0.15) is 16.8 Å². The van der Waals surface area contributed by atoms with Crippen molar-refractivity contribution in [2.45, 2.75) is 66.9 Å². The first-order chi connectivity index (χ1) is 48.6. The number of allylic oxidation sites excluding steroid dienone is 1. The van der Waals surface area contributed by atoms with Crippen LogP contribution in [0.2, 0.25) is 5.15 Å². The third-order valence-electron chi connectivity index (χ3n) is 10.8. The van der Waals surface area contributed by atoms with E-state index < -0.39 is 80.7 Å². The van der Waals surface area contributed by atoms with Crippen molar-refractivity contribution in [3.8, 4) is 24.3 Å². The van der Waals surface area contributed by atoms with Crippen molar-refractivity contribution >= 4 is 66.9 Å². The highest BCUT2D eigenvalue weighted by Gasteiger charge is 2.11. The highest BCUT2D eigenvalue weighted by Crippen LogP contribution is 2.25. The lowest BCUT2D eigenvalue weighted by Gasteiger charge is -2.12. The Balaban J connectivity index is 0.000000260. The van der Waals surface area contributed by atoms with Crippen LogP contribution in [0.15, 0.2) is 174 Å². The number of hydrogen-bond donors (Lipinski definition) is 2. The minimum Gasteiger partial charge on any atom is -0.398 e. The minimum atomic E-state index is -2.85. The summed E-state index contributed by atoms with van der Waals surface area (Å²) in [6.07, 6.45) is 8.02. The normalized spacial score (nSPS) is 14.4. The lowest BCUT2D eigenvalue weighted by molar-refractivity contribution is 0.911. The summed E-state index contributed by atoms with van der Waals surface area (Å²) < 4.78 is 166. The molecule has 9 rings (SSSR count). The number of nitrogens with zero attached hydrogens (tertiary/aromatic N) is 11. The molecule has 0 spiro atoms. The van der Waals surface area contributed by atoms with E-state index in [0.29, 0.717) is 69.2 Å². The number of aromatic nitrogens is 6. The summed E-state index contributed by atoms with van der Waals surface area (Å²) >= 11 is 11.8. The van der Waals surface area contributed by atoms with Crippen LogP contribution in [-0.2, 0) is 25.7 Å². The zero-order valence-electron chi connectivity index (χ0n) is 64.8. The summed E-state index contributed by atoms with van der Waals surface area (Å²) in [7, 11) is 0. The molecule has 412 valence electrons. The predicted molar refractivity (Wildman–Crippen MR) is 338 cm³/mol. The van der Waals surface area contributed by atoms with Crippen LogP contribution < -0.4 is 11.1 Å². The van der Waals surface area contributed by atoms with E-state index in [4.69, 9.17) is 73.7 Å². The number of benzene rings is 6. The second-order valence-electron chi connectivity index (χ2n) is 16.7. The Kier molecular flexibility index (Phi) is 15.9. The van der Waals surface area contributed by atoms with Gasteiger partial charge in [-0.2, -0.15) is 21.0 Å². The number of halogens is 3. The van der Waals surface area contributed by atoms with E-state index in [9.17, 15) is 0 Å². The molecule has 3 heterocycles. The Morgan fingerprint density at radius 1 is 0.614 bits per heavy atom. The number of nitriles is 4. The largest absolute Gasteiger partial charge is 0.398 e. The summed E-state index contributed by atoms with van der Waals surface area (Å²) in [6, 6.07) is 31.2. The van der Waals surface area contributed by atoms with Crippen molar-refractivity contribution in [2.24, 2.45) is 0 Å². The number of rotatable bonds is 11. The third-order valence-corrected chi connectivity index (χ3v) is 11.8. The van der Waals surface area contributed by atoms with Gasteiger partial charge in [0, 0.05) is 103 Å². The van der Waals surface area contributed by atoms with Gasteiger partial charge in [0.25, 0.3) is 0 Å². The fraction of sp³-hybridized carbons (Fsp3) is 0.149. The van der Waals surface area contributed by atoms with Gasteiger partial charge >= 0.3 is 0 Å². The number of anilines is 3. The van der Waals surface area contributed by atoms with E-state index in [-0.39, 0.29) is 61.8 Å². The van der Waals surface area contributed by atoms with Crippen molar-refractivity contribution in [3.63, 3.8) is 0 Å². The zero-order chi connectivity index (χ0) is 78.0. The van der Waals surface area contributed by atoms with E-state index >= 15 is 0 Å². The molecule has 0 bridgehead atoms. The molecule has 0 radical (unpaired) electrons. The van der Waals surface area contributed by atoms with Crippen molar-refractivity contribution in [1.29, 1.82) is 21.0 Å². The van der Waals surface area contributed by atoms with E-state index in [1.54, 1.807) is 104 Å². The van der Waals surface area contributed by atoms with Crippen LogP contribution in [-0.4, -0.2) is 29.9 Å². The van der Waals surface area contributed by atoms with Crippen LogP contribution in [0.4, 0.5) is 17.3 Å². The molecule has 0 saturated carbocycles. The first-order valence-electron chi connectivity index (χ1n) is 34.5. The Morgan fingerprint density at radius 2 is 1.04 bits per heavy atom. The highest BCUT2D eigenvalue weighted by molar-refractivity contribution is 9.10. The van der Waals surface area contributed by atoms with Crippen LogP contribution in [0, 0.1) is 93.1 Å². The van der Waals surface area contributed by atoms with Crippen LogP contribution >= 0.6 is 43.5 Å². The Hall–Kier alpha value is -9.66. The zero-order valence-corrected chi connectivity index (χ0v) is 47.7. The lowest BCUT2D eigenvalue weighted by atomic mass is 9.95. The molecule has 0 amide bonds. The average Bonchev–Trinajstić information content (AvgIpc) is 0.749.